The molecule has 4 heteroatoms. The fourth-order valence-electron chi connectivity index (χ4n) is 1.74. The van der Waals surface area contributed by atoms with Crippen LogP contribution in [0.25, 0.3) is 0 Å². The van der Waals surface area contributed by atoms with Crippen LogP contribution in [0.3, 0.4) is 0 Å². The van der Waals surface area contributed by atoms with Gasteiger partial charge < -0.3 is 9.47 Å². The van der Waals surface area contributed by atoms with Gasteiger partial charge in [-0.25, -0.2) is 0 Å². The van der Waals surface area contributed by atoms with Gasteiger partial charge in [-0.1, -0.05) is 13.3 Å². The molecule has 1 aromatic rings. The Bertz CT molecular complexity index is 385. The number of aromatic nitrogens is 1. The van der Waals surface area contributed by atoms with Gasteiger partial charge in [0.1, 0.15) is 5.69 Å². The van der Waals surface area contributed by atoms with Crippen LogP contribution in [-0.4, -0.2) is 29.0 Å². The molecule has 1 heterocycles. The van der Waals surface area contributed by atoms with Crippen LogP contribution in [0.1, 0.15) is 50.1 Å². The highest BCUT2D eigenvalue weighted by Gasteiger charge is 2.18. The molecule has 0 atom stereocenters. The van der Waals surface area contributed by atoms with Crippen LogP contribution in [0.4, 0.5) is 0 Å². The third-order valence-corrected chi connectivity index (χ3v) is 3.22. The Balaban J connectivity index is 2.87. The van der Waals surface area contributed by atoms with Crippen LogP contribution in [0.2, 0.25) is 0 Å². The van der Waals surface area contributed by atoms with Crippen LogP contribution in [0, 0.1) is 0 Å². The summed E-state index contributed by atoms with van der Waals surface area (Å²) in [5.41, 5.74) is 0.755. The lowest BCUT2D eigenvalue weighted by Crippen LogP contribution is -2.29. The molecule has 0 aliphatic carbocycles. The Morgan fingerprint density at radius 1 is 1.53 bits per heavy atom. The second kappa shape index (κ2) is 6.24. The second-order valence-electron chi connectivity index (χ2n) is 4.62. The number of unbranched alkanes of at least 4 members (excludes halogenated alkanes) is 1. The van der Waals surface area contributed by atoms with Crippen molar-refractivity contribution in [1.29, 1.82) is 0 Å². The van der Waals surface area contributed by atoms with E-state index in [1.165, 1.54) is 0 Å². The molecule has 0 fully saturated rings. The molecule has 1 amide bonds. The highest BCUT2D eigenvalue weighted by Crippen LogP contribution is 2.20. The van der Waals surface area contributed by atoms with Gasteiger partial charge in [-0.2, -0.15) is 0 Å². The van der Waals surface area contributed by atoms with Gasteiger partial charge in [0.2, 0.25) is 0 Å². The van der Waals surface area contributed by atoms with Gasteiger partial charge >= 0.3 is 0 Å². The van der Waals surface area contributed by atoms with Crippen molar-refractivity contribution in [3.05, 3.63) is 22.4 Å². The summed E-state index contributed by atoms with van der Waals surface area (Å²) in [4.78, 5) is 14.1. The van der Waals surface area contributed by atoms with Gasteiger partial charge in [-0.05, 0) is 42.3 Å². The summed E-state index contributed by atoms with van der Waals surface area (Å²) in [5, 5.41) is 0. The van der Waals surface area contributed by atoms with Crippen LogP contribution in [0.15, 0.2) is 16.7 Å². The maximum atomic E-state index is 12.3. The summed E-state index contributed by atoms with van der Waals surface area (Å²) in [7, 11) is 1.86. The number of rotatable bonds is 5. The van der Waals surface area contributed by atoms with Crippen molar-refractivity contribution in [3.8, 4) is 0 Å². The highest BCUT2D eigenvalue weighted by molar-refractivity contribution is 9.10. The maximum absolute atomic E-state index is 12.3. The summed E-state index contributed by atoms with van der Waals surface area (Å²) in [6.07, 6.45) is 4.11. The van der Waals surface area contributed by atoms with E-state index in [1.54, 1.807) is 4.90 Å². The van der Waals surface area contributed by atoms with Crippen molar-refractivity contribution in [2.24, 2.45) is 0 Å². The minimum absolute atomic E-state index is 0.0952. The fourth-order valence-corrected chi connectivity index (χ4v) is 2.17. The molecule has 0 aliphatic rings. The molecular weight excluding hydrogens is 280 g/mol. The molecule has 0 spiro atoms. The number of hydrogen-bond acceptors (Lipinski definition) is 1. The van der Waals surface area contributed by atoms with Gasteiger partial charge in [0.15, 0.2) is 0 Å². The van der Waals surface area contributed by atoms with Gasteiger partial charge in [-0.15, -0.1) is 0 Å². The maximum Gasteiger partial charge on any atom is 0.270 e. The topological polar surface area (TPSA) is 25.2 Å². The van der Waals surface area contributed by atoms with E-state index in [0.717, 1.165) is 29.6 Å². The molecule has 17 heavy (non-hydrogen) atoms. The average Bonchev–Trinajstić information content (AvgIpc) is 2.67. The first-order valence-electron chi connectivity index (χ1n) is 6.10. The summed E-state index contributed by atoms with van der Waals surface area (Å²) in [6, 6.07) is 2.19. The van der Waals surface area contributed by atoms with Gasteiger partial charge in [0, 0.05) is 30.3 Å². The molecule has 0 aromatic carbocycles. The van der Waals surface area contributed by atoms with Crippen molar-refractivity contribution >= 4 is 21.8 Å². The van der Waals surface area contributed by atoms with Crippen molar-refractivity contribution in [1.82, 2.24) is 9.47 Å². The molecule has 0 aliphatic heterocycles. The third kappa shape index (κ3) is 3.60. The predicted octanol–water partition coefficient (Wildman–Crippen LogP) is 3.70. The first-order valence-corrected chi connectivity index (χ1v) is 6.89. The van der Waals surface area contributed by atoms with Gasteiger partial charge in [0.25, 0.3) is 5.91 Å². The van der Waals surface area contributed by atoms with E-state index in [0.29, 0.717) is 6.04 Å². The molecule has 0 saturated heterocycles. The molecule has 3 nitrogen and oxygen atoms in total. The first kappa shape index (κ1) is 14.3. The zero-order valence-electron chi connectivity index (χ0n) is 11.0. The molecular formula is C13H21BrN2O. The quantitative estimate of drug-likeness (QED) is 0.814. The smallest absolute Gasteiger partial charge is 0.270 e. The summed E-state index contributed by atoms with van der Waals surface area (Å²) < 4.78 is 2.97. The number of nitrogens with zero attached hydrogens (tertiary/aromatic N) is 2. The summed E-state index contributed by atoms with van der Waals surface area (Å²) >= 11 is 3.43. The molecule has 1 aromatic heterocycles. The Kier molecular flexibility index (Phi) is 5.25. The monoisotopic (exact) mass is 300 g/mol. The Morgan fingerprint density at radius 2 is 2.18 bits per heavy atom. The van der Waals surface area contributed by atoms with E-state index in [-0.39, 0.29) is 5.91 Å². The first-order chi connectivity index (χ1) is 7.97. The second-order valence-corrected chi connectivity index (χ2v) is 5.54. The van der Waals surface area contributed by atoms with Gasteiger partial charge in [-0.3, -0.25) is 4.79 Å². The Morgan fingerprint density at radius 3 is 2.71 bits per heavy atom. The Hall–Kier alpha value is -0.770. The van der Waals surface area contributed by atoms with E-state index >= 15 is 0 Å². The normalized spacial score (nSPS) is 10.9. The van der Waals surface area contributed by atoms with Crippen LogP contribution in [-0.2, 0) is 0 Å². The average molecular weight is 301 g/mol. The largest absolute Gasteiger partial charge is 0.340 e. The lowest BCUT2D eigenvalue weighted by molar-refractivity contribution is 0.0781. The van der Waals surface area contributed by atoms with Crippen molar-refractivity contribution in [2.75, 3.05) is 13.6 Å². The van der Waals surface area contributed by atoms with Gasteiger partial charge in [0.05, 0.1) is 0 Å². The van der Waals surface area contributed by atoms with E-state index in [9.17, 15) is 4.79 Å². The molecule has 96 valence electrons. The lowest BCUT2D eigenvalue weighted by Gasteiger charge is -2.19. The van der Waals surface area contributed by atoms with Crippen molar-refractivity contribution in [3.63, 3.8) is 0 Å². The van der Waals surface area contributed by atoms with E-state index in [2.05, 4.69) is 36.7 Å². The third-order valence-electron chi connectivity index (χ3n) is 2.78. The standard InChI is InChI=1S/C13H21BrN2O/c1-5-6-7-15(4)13(17)12-8-11(14)9-16(12)10(2)3/h8-10H,5-7H2,1-4H3. The molecule has 0 radical (unpaired) electrons. The molecule has 1 rings (SSSR count). The minimum atomic E-state index is 0.0952. The number of carbonyl (C=O) groups is 1. The number of halogens is 1. The number of amides is 1. The van der Waals surface area contributed by atoms with Crippen LogP contribution < -0.4 is 0 Å². The van der Waals surface area contributed by atoms with E-state index in [4.69, 9.17) is 0 Å². The van der Waals surface area contributed by atoms with Crippen LogP contribution >= 0.6 is 15.9 Å². The van der Waals surface area contributed by atoms with E-state index < -0.39 is 0 Å². The molecule has 0 bridgehead atoms. The Labute approximate surface area is 112 Å². The molecule has 0 saturated carbocycles. The molecule has 0 N–H and O–H groups in total. The summed E-state index contributed by atoms with van der Waals surface area (Å²) in [5.74, 6) is 0.0952. The SMILES string of the molecule is CCCCN(C)C(=O)c1cc(Br)cn1C(C)C. The predicted molar refractivity (Wildman–Crippen MR) is 74.4 cm³/mol. The minimum Gasteiger partial charge on any atom is -0.340 e. The zero-order chi connectivity index (χ0) is 13.0. The highest BCUT2D eigenvalue weighted by atomic mass is 79.9. The zero-order valence-corrected chi connectivity index (χ0v) is 12.6. The van der Waals surface area contributed by atoms with Crippen molar-refractivity contribution in [2.45, 2.75) is 39.7 Å². The van der Waals surface area contributed by atoms with Crippen LogP contribution in [0.5, 0.6) is 0 Å². The summed E-state index contributed by atoms with van der Waals surface area (Å²) in [6.45, 7) is 7.10. The molecule has 0 unspecified atom stereocenters. The fraction of sp³-hybridized carbons (Fsp3) is 0.615. The van der Waals surface area contributed by atoms with E-state index in [1.807, 2.05) is 23.9 Å². The van der Waals surface area contributed by atoms with Crippen molar-refractivity contribution < 1.29 is 4.79 Å². The number of carbonyl (C=O) groups excluding carboxylic acids is 1. The number of hydrogen-bond donors (Lipinski definition) is 0. The lowest BCUT2D eigenvalue weighted by atomic mass is 10.3.